The summed E-state index contributed by atoms with van der Waals surface area (Å²) in [6, 6.07) is 2.63. The molecule has 0 amide bonds. The third-order valence-electron chi connectivity index (χ3n) is 3.31. The number of hydrogen-bond donors (Lipinski definition) is 1. The minimum atomic E-state index is -0.405. The Bertz CT molecular complexity index is 569. The molecule has 90 valence electrons. The van der Waals surface area contributed by atoms with Gasteiger partial charge in [-0.25, -0.2) is 9.37 Å². The zero-order chi connectivity index (χ0) is 12.0. The van der Waals surface area contributed by atoms with Crippen molar-refractivity contribution < 1.29 is 8.81 Å². The Morgan fingerprint density at radius 3 is 2.94 bits per heavy atom. The fraction of sp³-hybridized carbons (Fsp3) is 0.417. The van der Waals surface area contributed by atoms with Crippen LogP contribution >= 0.6 is 11.6 Å². The van der Waals surface area contributed by atoms with Crippen LogP contribution in [0, 0.1) is 5.82 Å². The fourth-order valence-corrected chi connectivity index (χ4v) is 2.67. The molecule has 3 nitrogen and oxygen atoms in total. The number of nitrogens with zero attached hydrogens (tertiary/aromatic N) is 1. The molecule has 1 aromatic carbocycles. The zero-order valence-corrected chi connectivity index (χ0v) is 9.88. The fourth-order valence-electron chi connectivity index (χ4n) is 2.43. The van der Waals surface area contributed by atoms with E-state index in [4.69, 9.17) is 21.8 Å². The molecular formula is C12H12ClFN2O. The van der Waals surface area contributed by atoms with Gasteiger partial charge in [-0.3, -0.25) is 0 Å². The Labute approximate surface area is 103 Å². The normalized spacial score (nSPS) is 24.6. The molecular weight excluding hydrogens is 243 g/mol. The summed E-state index contributed by atoms with van der Waals surface area (Å²) in [4.78, 5) is 4.30. The number of hydrogen-bond acceptors (Lipinski definition) is 3. The summed E-state index contributed by atoms with van der Waals surface area (Å²) in [7, 11) is 0. The summed E-state index contributed by atoms with van der Waals surface area (Å²) >= 11 is 5.91. The molecule has 1 heterocycles. The highest BCUT2D eigenvalue weighted by molar-refractivity contribution is 6.34. The lowest BCUT2D eigenvalue weighted by molar-refractivity contribution is 0.449. The highest BCUT2D eigenvalue weighted by Gasteiger charge is 2.30. The number of benzene rings is 1. The maximum absolute atomic E-state index is 13.2. The summed E-state index contributed by atoms with van der Waals surface area (Å²) in [5, 5.41) is 0.255. The van der Waals surface area contributed by atoms with Gasteiger partial charge in [0, 0.05) is 12.1 Å². The predicted molar refractivity (Wildman–Crippen MR) is 63.5 cm³/mol. The molecule has 1 aromatic heterocycles. The van der Waals surface area contributed by atoms with E-state index >= 15 is 0 Å². The molecule has 2 unspecified atom stereocenters. The van der Waals surface area contributed by atoms with Crippen LogP contribution in [0.3, 0.4) is 0 Å². The van der Waals surface area contributed by atoms with Gasteiger partial charge in [0.05, 0.1) is 10.9 Å². The van der Waals surface area contributed by atoms with Crippen molar-refractivity contribution in [1.82, 2.24) is 4.98 Å². The van der Waals surface area contributed by atoms with Crippen molar-refractivity contribution in [3.63, 3.8) is 0 Å². The number of nitrogens with two attached hydrogens (primary N) is 1. The minimum Gasteiger partial charge on any atom is -0.439 e. The van der Waals surface area contributed by atoms with E-state index in [-0.39, 0.29) is 17.0 Å². The van der Waals surface area contributed by atoms with Crippen LogP contribution in [0.25, 0.3) is 11.1 Å². The zero-order valence-electron chi connectivity index (χ0n) is 9.12. The Morgan fingerprint density at radius 2 is 2.24 bits per heavy atom. The van der Waals surface area contributed by atoms with Gasteiger partial charge in [-0.1, -0.05) is 18.0 Å². The van der Waals surface area contributed by atoms with Crippen LogP contribution in [0.1, 0.15) is 31.1 Å². The Kier molecular flexibility index (Phi) is 2.56. The van der Waals surface area contributed by atoms with E-state index in [0.717, 1.165) is 19.3 Å². The van der Waals surface area contributed by atoms with Crippen molar-refractivity contribution in [2.45, 2.75) is 31.2 Å². The largest absolute Gasteiger partial charge is 0.439 e. The molecule has 2 N–H and O–H groups in total. The molecule has 1 aliphatic rings. The van der Waals surface area contributed by atoms with Gasteiger partial charge in [0.15, 0.2) is 11.5 Å². The average molecular weight is 255 g/mol. The van der Waals surface area contributed by atoms with Gasteiger partial charge in [0.1, 0.15) is 11.3 Å². The molecule has 1 saturated carbocycles. The molecule has 0 spiro atoms. The molecule has 5 heteroatoms. The molecule has 0 radical (unpaired) electrons. The third kappa shape index (κ3) is 1.81. The number of halogens is 2. The first-order valence-electron chi connectivity index (χ1n) is 5.66. The number of oxazole rings is 1. The smallest absolute Gasteiger partial charge is 0.200 e. The van der Waals surface area contributed by atoms with Crippen molar-refractivity contribution in [2.24, 2.45) is 5.73 Å². The molecule has 3 rings (SSSR count). The molecule has 1 fully saturated rings. The summed E-state index contributed by atoms with van der Waals surface area (Å²) in [5.41, 5.74) is 6.90. The van der Waals surface area contributed by atoms with Gasteiger partial charge in [0.25, 0.3) is 0 Å². The summed E-state index contributed by atoms with van der Waals surface area (Å²) in [5.74, 6) is 0.303. The number of aromatic nitrogens is 1. The molecule has 2 aromatic rings. The molecule has 1 aliphatic carbocycles. The minimum absolute atomic E-state index is 0.0756. The highest BCUT2D eigenvalue weighted by Crippen LogP contribution is 2.36. The lowest BCUT2D eigenvalue weighted by Gasteiger charge is -2.09. The molecule has 0 saturated heterocycles. The van der Waals surface area contributed by atoms with Gasteiger partial charge in [-0.05, 0) is 18.9 Å². The molecule has 2 atom stereocenters. The van der Waals surface area contributed by atoms with E-state index < -0.39 is 5.82 Å². The first-order valence-corrected chi connectivity index (χ1v) is 6.04. The van der Waals surface area contributed by atoms with Gasteiger partial charge < -0.3 is 10.2 Å². The first kappa shape index (κ1) is 11.0. The lowest BCUT2D eigenvalue weighted by Crippen LogP contribution is -2.22. The molecule has 17 heavy (non-hydrogen) atoms. The quantitative estimate of drug-likeness (QED) is 0.850. The van der Waals surface area contributed by atoms with Crippen molar-refractivity contribution in [3.8, 4) is 0 Å². The van der Waals surface area contributed by atoms with E-state index in [0.29, 0.717) is 17.0 Å². The topological polar surface area (TPSA) is 52.0 Å². The van der Waals surface area contributed by atoms with Crippen LogP contribution < -0.4 is 5.73 Å². The summed E-state index contributed by atoms with van der Waals surface area (Å²) < 4.78 is 18.8. The SMILES string of the molecule is NC1CCCC1c1nc2cc(F)cc(Cl)c2o1. The maximum Gasteiger partial charge on any atom is 0.200 e. The van der Waals surface area contributed by atoms with Crippen LogP contribution in [-0.2, 0) is 0 Å². The number of fused-ring (bicyclic) bond motifs is 1. The van der Waals surface area contributed by atoms with E-state index in [9.17, 15) is 4.39 Å². The second-order valence-corrected chi connectivity index (χ2v) is 4.90. The summed E-state index contributed by atoms with van der Waals surface area (Å²) in [6.45, 7) is 0. The summed E-state index contributed by atoms with van der Waals surface area (Å²) in [6.07, 6.45) is 3.02. The van der Waals surface area contributed by atoms with Gasteiger partial charge in [-0.2, -0.15) is 0 Å². The number of rotatable bonds is 1. The highest BCUT2D eigenvalue weighted by atomic mass is 35.5. The Hall–Kier alpha value is -1.13. The van der Waals surface area contributed by atoms with Crippen LogP contribution in [0.2, 0.25) is 5.02 Å². The average Bonchev–Trinajstić information content (AvgIpc) is 2.83. The van der Waals surface area contributed by atoms with Crippen molar-refractivity contribution in [1.29, 1.82) is 0 Å². The predicted octanol–water partition coefficient (Wildman–Crippen LogP) is 3.22. The lowest BCUT2D eigenvalue weighted by atomic mass is 10.1. The van der Waals surface area contributed by atoms with E-state index in [1.54, 1.807) is 0 Å². The van der Waals surface area contributed by atoms with Crippen molar-refractivity contribution in [2.75, 3.05) is 0 Å². The van der Waals surface area contributed by atoms with Crippen LogP contribution in [0.15, 0.2) is 16.5 Å². The van der Waals surface area contributed by atoms with Crippen molar-refractivity contribution >= 4 is 22.7 Å². The van der Waals surface area contributed by atoms with Crippen LogP contribution in [-0.4, -0.2) is 11.0 Å². The van der Waals surface area contributed by atoms with E-state index in [1.165, 1.54) is 12.1 Å². The van der Waals surface area contributed by atoms with Crippen molar-refractivity contribution in [3.05, 3.63) is 28.9 Å². The molecule has 0 bridgehead atoms. The monoisotopic (exact) mass is 254 g/mol. The van der Waals surface area contributed by atoms with Gasteiger partial charge >= 0.3 is 0 Å². The second-order valence-electron chi connectivity index (χ2n) is 4.49. The van der Waals surface area contributed by atoms with Gasteiger partial charge in [0.2, 0.25) is 0 Å². The standard InChI is InChI=1S/C12H12ClFN2O/c13-8-4-6(14)5-10-11(8)17-12(16-10)7-2-1-3-9(7)15/h4-5,7,9H,1-3,15H2. The third-order valence-corrected chi connectivity index (χ3v) is 3.59. The Balaban J connectivity index is 2.10. The molecule has 0 aliphatic heterocycles. The van der Waals surface area contributed by atoms with Crippen LogP contribution in [0.5, 0.6) is 0 Å². The Morgan fingerprint density at radius 1 is 1.41 bits per heavy atom. The first-order chi connectivity index (χ1) is 8.15. The maximum atomic E-state index is 13.2. The van der Waals surface area contributed by atoms with E-state index in [2.05, 4.69) is 4.98 Å². The van der Waals surface area contributed by atoms with Crippen LogP contribution in [0.4, 0.5) is 4.39 Å². The second kappa shape index (κ2) is 3.96. The van der Waals surface area contributed by atoms with E-state index in [1.807, 2.05) is 0 Å². The van der Waals surface area contributed by atoms with Gasteiger partial charge in [-0.15, -0.1) is 0 Å².